The molecule has 9 nitrogen and oxygen atoms in total. The molecular formula is C22H24ClN3O6S. The van der Waals surface area contributed by atoms with Gasteiger partial charge >= 0.3 is 0 Å². The fraction of sp³-hybridized carbons (Fsp3) is 0.364. The molecule has 0 radical (unpaired) electrons. The summed E-state index contributed by atoms with van der Waals surface area (Å²) in [6.07, 6.45) is 0.0231. The maximum absolute atomic E-state index is 12.9. The highest BCUT2D eigenvalue weighted by molar-refractivity contribution is 7.89. The maximum Gasteiger partial charge on any atom is 0.243 e. The van der Waals surface area contributed by atoms with Crippen molar-refractivity contribution in [2.75, 3.05) is 36.6 Å². The number of sulfonamides is 1. The van der Waals surface area contributed by atoms with Gasteiger partial charge in [-0.05, 0) is 30.3 Å². The second-order valence-corrected chi connectivity index (χ2v) is 10.0. The number of anilines is 2. The van der Waals surface area contributed by atoms with Crippen LogP contribution in [0.3, 0.4) is 0 Å². The van der Waals surface area contributed by atoms with Gasteiger partial charge in [-0.3, -0.25) is 9.59 Å². The average Bonchev–Trinajstić information content (AvgIpc) is 3.41. The van der Waals surface area contributed by atoms with Crippen LogP contribution in [-0.2, 0) is 19.6 Å². The minimum atomic E-state index is -3.71. The summed E-state index contributed by atoms with van der Waals surface area (Å²) in [6, 6.07) is 9.36. The van der Waals surface area contributed by atoms with Crippen LogP contribution in [-0.4, -0.2) is 51.0 Å². The molecule has 2 aromatic carbocycles. The molecular weight excluding hydrogens is 470 g/mol. The van der Waals surface area contributed by atoms with Crippen LogP contribution < -0.4 is 19.7 Å². The molecule has 1 N–H and O–H groups in total. The highest BCUT2D eigenvalue weighted by Gasteiger charge is 2.36. The van der Waals surface area contributed by atoms with Gasteiger partial charge in [-0.2, -0.15) is 4.31 Å². The zero-order valence-electron chi connectivity index (χ0n) is 18.2. The Hall–Kier alpha value is -2.82. The predicted octanol–water partition coefficient (Wildman–Crippen LogP) is 3.09. The van der Waals surface area contributed by atoms with Gasteiger partial charge in [-0.15, -0.1) is 0 Å². The number of nitrogens with zero attached hydrogens (tertiary/aromatic N) is 2. The number of hydrogen-bond acceptors (Lipinski definition) is 6. The summed E-state index contributed by atoms with van der Waals surface area (Å²) in [5, 5.41) is 2.90. The number of hydrogen-bond donors (Lipinski definition) is 1. The summed E-state index contributed by atoms with van der Waals surface area (Å²) < 4.78 is 37.6. The first-order valence-corrected chi connectivity index (χ1v) is 12.4. The highest BCUT2D eigenvalue weighted by Crippen LogP contribution is 2.37. The van der Waals surface area contributed by atoms with Crippen molar-refractivity contribution in [3.63, 3.8) is 0 Å². The van der Waals surface area contributed by atoms with E-state index in [0.717, 1.165) is 0 Å². The molecule has 0 aliphatic carbocycles. The normalized spacial score (nSPS) is 17.6. The monoisotopic (exact) mass is 493 g/mol. The first kappa shape index (κ1) is 23.3. The smallest absolute Gasteiger partial charge is 0.243 e. The number of carbonyl (C=O) groups excluding carboxylic acids is 2. The summed E-state index contributed by atoms with van der Waals surface area (Å²) in [6.45, 7) is 4.46. The maximum atomic E-state index is 12.9. The molecule has 33 heavy (non-hydrogen) atoms. The van der Waals surface area contributed by atoms with E-state index in [1.807, 2.05) is 0 Å². The van der Waals surface area contributed by atoms with Gasteiger partial charge in [0.05, 0.1) is 21.5 Å². The van der Waals surface area contributed by atoms with Crippen molar-refractivity contribution in [2.24, 2.45) is 5.92 Å². The van der Waals surface area contributed by atoms with Gasteiger partial charge in [0.1, 0.15) is 0 Å². The molecule has 1 fully saturated rings. The van der Waals surface area contributed by atoms with Crippen LogP contribution in [0.4, 0.5) is 11.4 Å². The third kappa shape index (κ3) is 4.50. The minimum absolute atomic E-state index is 0.0231. The third-order valence-electron chi connectivity index (χ3n) is 5.70. The van der Waals surface area contributed by atoms with E-state index in [1.165, 1.54) is 27.4 Å². The topological polar surface area (TPSA) is 105 Å². The van der Waals surface area contributed by atoms with E-state index in [-0.39, 0.29) is 41.3 Å². The van der Waals surface area contributed by atoms with Gasteiger partial charge in [-0.25, -0.2) is 8.42 Å². The van der Waals surface area contributed by atoms with E-state index in [2.05, 4.69) is 5.32 Å². The van der Waals surface area contributed by atoms with Crippen LogP contribution in [0.25, 0.3) is 0 Å². The van der Waals surface area contributed by atoms with E-state index in [0.29, 0.717) is 30.3 Å². The van der Waals surface area contributed by atoms with Crippen LogP contribution in [0.1, 0.15) is 20.3 Å². The summed E-state index contributed by atoms with van der Waals surface area (Å²) in [4.78, 5) is 27.1. The number of halogens is 1. The van der Waals surface area contributed by atoms with Crippen molar-refractivity contribution < 1.29 is 27.5 Å². The molecule has 0 saturated carbocycles. The van der Waals surface area contributed by atoms with Gasteiger partial charge < -0.3 is 19.7 Å². The van der Waals surface area contributed by atoms with Crippen molar-refractivity contribution in [2.45, 2.75) is 25.2 Å². The summed E-state index contributed by atoms with van der Waals surface area (Å²) in [5.74, 6) is -0.0778. The molecule has 0 spiro atoms. The Balaban J connectivity index is 1.50. The second kappa shape index (κ2) is 9.20. The van der Waals surface area contributed by atoms with Gasteiger partial charge in [0.25, 0.3) is 0 Å². The summed E-state index contributed by atoms with van der Waals surface area (Å²) in [7, 11) is -3.71. The Morgan fingerprint density at radius 3 is 2.61 bits per heavy atom. The predicted molar refractivity (Wildman–Crippen MR) is 123 cm³/mol. The molecule has 1 unspecified atom stereocenters. The van der Waals surface area contributed by atoms with E-state index < -0.39 is 21.8 Å². The number of carbonyl (C=O) groups is 2. The molecule has 1 saturated heterocycles. The van der Waals surface area contributed by atoms with Crippen LogP contribution >= 0.6 is 11.6 Å². The molecule has 2 amide bonds. The van der Waals surface area contributed by atoms with E-state index in [4.69, 9.17) is 21.1 Å². The lowest BCUT2D eigenvalue weighted by atomic mass is 10.1. The molecule has 11 heteroatoms. The molecule has 2 aromatic rings. The minimum Gasteiger partial charge on any atom is -0.454 e. The van der Waals surface area contributed by atoms with Crippen molar-refractivity contribution >= 4 is 44.8 Å². The first-order valence-electron chi connectivity index (χ1n) is 10.5. The lowest BCUT2D eigenvalue weighted by Crippen LogP contribution is -2.31. The molecule has 2 aliphatic rings. The van der Waals surface area contributed by atoms with Crippen LogP contribution in [0, 0.1) is 5.92 Å². The van der Waals surface area contributed by atoms with E-state index >= 15 is 0 Å². The van der Waals surface area contributed by atoms with Gasteiger partial charge in [0.2, 0.25) is 28.6 Å². The highest BCUT2D eigenvalue weighted by atomic mass is 35.5. The van der Waals surface area contributed by atoms with Crippen LogP contribution in [0.5, 0.6) is 11.5 Å². The van der Waals surface area contributed by atoms with Crippen LogP contribution in [0.15, 0.2) is 41.3 Å². The lowest BCUT2D eigenvalue weighted by molar-refractivity contribution is -0.122. The van der Waals surface area contributed by atoms with Crippen molar-refractivity contribution in [1.29, 1.82) is 0 Å². The number of ether oxygens (including phenoxy) is 2. The molecule has 0 bridgehead atoms. The number of nitrogens with one attached hydrogen (secondary N) is 1. The Morgan fingerprint density at radius 1 is 1.15 bits per heavy atom. The van der Waals surface area contributed by atoms with Crippen LogP contribution in [0.2, 0.25) is 5.02 Å². The average molecular weight is 494 g/mol. The van der Waals surface area contributed by atoms with Crippen molar-refractivity contribution in [3.8, 4) is 11.5 Å². The lowest BCUT2D eigenvalue weighted by Gasteiger charge is -2.20. The molecule has 0 aromatic heterocycles. The Labute approximate surface area is 197 Å². The zero-order valence-corrected chi connectivity index (χ0v) is 19.8. The van der Waals surface area contributed by atoms with Gasteiger partial charge in [0.15, 0.2) is 11.5 Å². The van der Waals surface area contributed by atoms with E-state index in [1.54, 1.807) is 32.0 Å². The fourth-order valence-electron chi connectivity index (χ4n) is 3.89. The molecule has 176 valence electrons. The van der Waals surface area contributed by atoms with Gasteiger partial charge in [0, 0.05) is 37.8 Å². The third-order valence-corrected chi connectivity index (χ3v) is 8.08. The standard InChI is InChI=1S/C22H24ClN3O6S/c1-3-25(4-2)33(29,30)16-6-7-17(23)18(11-16)24-22(28)14-9-21(27)26(12-14)15-5-8-19-20(10-15)32-13-31-19/h5-8,10-11,14H,3-4,9,12-13H2,1-2H3,(H,24,28). The summed E-state index contributed by atoms with van der Waals surface area (Å²) >= 11 is 6.23. The zero-order chi connectivity index (χ0) is 23.8. The van der Waals surface area contributed by atoms with E-state index in [9.17, 15) is 18.0 Å². The second-order valence-electron chi connectivity index (χ2n) is 7.66. The largest absolute Gasteiger partial charge is 0.454 e. The molecule has 2 aliphatic heterocycles. The van der Waals surface area contributed by atoms with Crippen molar-refractivity contribution in [1.82, 2.24) is 4.31 Å². The Morgan fingerprint density at radius 2 is 1.88 bits per heavy atom. The number of fused-ring (bicyclic) bond motifs is 1. The van der Waals surface area contributed by atoms with Gasteiger partial charge in [-0.1, -0.05) is 25.4 Å². The van der Waals surface area contributed by atoms with Crippen molar-refractivity contribution in [3.05, 3.63) is 41.4 Å². The number of benzene rings is 2. The first-order chi connectivity index (χ1) is 15.7. The summed E-state index contributed by atoms with van der Waals surface area (Å²) in [5.41, 5.74) is 0.800. The number of rotatable bonds is 7. The quantitative estimate of drug-likeness (QED) is 0.635. The SMILES string of the molecule is CCN(CC)S(=O)(=O)c1ccc(Cl)c(NC(=O)C2CC(=O)N(c3ccc4c(c3)OCO4)C2)c1. The number of amides is 2. The Bertz CT molecular complexity index is 1200. The molecule has 1 atom stereocenters. The molecule has 2 heterocycles. The Kier molecular flexibility index (Phi) is 6.51. The molecule has 4 rings (SSSR count). The fourth-order valence-corrected chi connectivity index (χ4v) is 5.54.